The van der Waals surface area contributed by atoms with Crippen LogP contribution in [0.1, 0.15) is 40.0 Å². The van der Waals surface area contributed by atoms with Crippen molar-refractivity contribution in [1.29, 1.82) is 0 Å². The van der Waals surface area contributed by atoms with Gasteiger partial charge < -0.3 is 4.90 Å². The van der Waals surface area contributed by atoms with E-state index < -0.39 is 0 Å². The Bertz CT molecular complexity index is 107. The lowest BCUT2D eigenvalue weighted by Crippen LogP contribution is -2.36. The van der Waals surface area contributed by atoms with E-state index in [-0.39, 0.29) is 0 Å². The number of rotatable bonds is 1. The zero-order chi connectivity index (χ0) is 8.32. The van der Waals surface area contributed by atoms with Gasteiger partial charge in [0.2, 0.25) is 0 Å². The molecule has 1 saturated heterocycles. The van der Waals surface area contributed by atoms with Gasteiger partial charge in [-0.1, -0.05) is 27.2 Å². The summed E-state index contributed by atoms with van der Waals surface area (Å²) in [5.74, 6) is 0. The molecule has 0 spiro atoms. The van der Waals surface area contributed by atoms with Crippen molar-refractivity contribution in [2.45, 2.75) is 40.0 Å². The Hall–Kier alpha value is -0.0400. The third kappa shape index (κ3) is 3.76. The maximum Gasteiger partial charge on any atom is 0.00300 e. The van der Waals surface area contributed by atoms with Gasteiger partial charge in [0.1, 0.15) is 0 Å². The van der Waals surface area contributed by atoms with Crippen molar-refractivity contribution in [3.05, 3.63) is 0 Å². The second-order valence-corrected chi connectivity index (χ2v) is 4.90. The zero-order valence-corrected chi connectivity index (χ0v) is 8.19. The normalized spacial score (nSPS) is 22.1. The highest BCUT2D eigenvalue weighted by Crippen LogP contribution is 2.18. The van der Waals surface area contributed by atoms with E-state index in [9.17, 15) is 0 Å². The molecule has 0 bridgehead atoms. The summed E-state index contributed by atoms with van der Waals surface area (Å²) in [4.78, 5) is 2.60. The average molecular weight is 155 g/mol. The fourth-order valence-corrected chi connectivity index (χ4v) is 1.79. The molecule has 1 aliphatic rings. The minimum atomic E-state index is 0.483. The van der Waals surface area contributed by atoms with Crippen LogP contribution in [0.25, 0.3) is 0 Å². The van der Waals surface area contributed by atoms with E-state index in [0.717, 1.165) is 0 Å². The van der Waals surface area contributed by atoms with Crippen LogP contribution < -0.4 is 0 Å². The first-order valence-electron chi connectivity index (χ1n) is 4.80. The van der Waals surface area contributed by atoms with E-state index in [1.807, 2.05) is 0 Å². The second kappa shape index (κ2) is 3.57. The molecule has 66 valence electrons. The standard InChI is InChI=1S/C10H21N/c1-10(2,3)9-11-7-5-4-6-8-11/h4-9H2,1-3H3. The Morgan fingerprint density at radius 2 is 1.55 bits per heavy atom. The summed E-state index contributed by atoms with van der Waals surface area (Å²) in [6.45, 7) is 10.9. The molecule has 1 nitrogen and oxygen atoms in total. The topological polar surface area (TPSA) is 3.24 Å². The third-order valence-corrected chi connectivity index (χ3v) is 2.15. The lowest BCUT2D eigenvalue weighted by Gasteiger charge is -2.32. The summed E-state index contributed by atoms with van der Waals surface area (Å²) in [6, 6.07) is 0. The van der Waals surface area contributed by atoms with E-state index in [0.29, 0.717) is 5.41 Å². The van der Waals surface area contributed by atoms with Crippen LogP contribution in [0, 0.1) is 5.41 Å². The van der Waals surface area contributed by atoms with Crippen LogP contribution in [-0.2, 0) is 0 Å². The maximum absolute atomic E-state index is 2.60. The summed E-state index contributed by atoms with van der Waals surface area (Å²) in [5, 5.41) is 0. The van der Waals surface area contributed by atoms with E-state index in [1.165, 1.54) is 38.9 Å². The predicted octanol–water partition coefficient (Wildman–Crippen LogP) is 2.52. The fraction of sp³-hybridized carbons (Fsp3) is 1.00. The largest absolute Gasteiger partial charge is 0.303 e. The van der Waals surface area contributed by atoms with Crippen molar-refractivity contribution in [2.75, 3.05) is 19.6 Å². The summed E-state index contributed by atoms with van der Waals surface area (Å²) in [6.07, 6.45) is 4.27. The molecule has 0 radical (unpaired) electrons. The van der Waals surface area contributed by atoms with Gasteiger partial charge in [-0.05, 0) is 31.3 Å². The van der Waals surface area contributed by atoms with Crippen molar-refractivity contribution in [3.8, 4) is 0 Å². The first kappa shape index (κ1) is 9.05. The van der Waals surface area contributed by atoms with Gasteiger partial charge in [-0.15, -0.1) is 0 Å². The van der Waals surface area contributed by atoms with E-state index in [2.05, 4.69) is 25.7 Å². The van der Waals surface area contributed by atoms with E-state index >= 15 is 0 Å². The van der Waals surface area contributed by atoms with E-state index in [4.69, 9.17) is 0 Å². The molecule has 0 aliphatic carbocycles. The molecule has 0 amide bonds. The van der Waals surface area contributed by atoms with Crippen molar-refractivity contribution in [1.82, 2.24) is 4.90 Å². The summed E-state index contributed by atoms with van der Waals surface area (Å²) in [5.41, 5.74) is 0.483. The lowest BCUT2D eigenvalue weighted by molar-refractivity contribution is 0.164. The smallest absolute Gasteiger partial charge is 0.00300 e. The summed E-state index contributed by atoms with van der Waals surface area (Å²) in [7, 11) is 0. The van der Waals surface area contributed by atoms with Crippen LogP contribution in [0.15, 0.2) is 0 Å². The first-order valence-corrected chi connectivity index (χ1v) is 4.80. The van der Waals surface area contributed by atoms with Gasteiger partial charge in [-0.25, -0.2) is 0 Å². The van der Waals surface area contributed by atoms with Crippen LogP contribution in [0.2, 0.25) is 0 Å². The first-order chi connectivity index (χ1) is 5.08. The fourth-order valence-electron chi connectivity index (χ4n) is 1.79. The highest BCUT2D eigenvalue weighted by Gasteiger charge is 2.17. The zero-order valence-electron chi connectivity index (χ0n) is 8.19. The summed E-state index contributed by atoms with van der Waals surface area (Å²) >= 11 is 0. The Labute approximate surface area is 70.8 Å². The lowest BCUT2D eigenvalue weighted by atomic mass is 9.95. The molecule has 0 aromatic carbocycles. The second-order valence-electron chi connectivity index (χ2n) is 4.90. The van der Waals surface area contributed by atoms with Gasteiger partial charge in [0.15, 0.2) is 0 Å². The van der Waals surface area contributed by atoms with Gasteiger partial charge >= 0.3 is 0 Å². The molecule has 1 fully saturated rings. The molecule has 1 heterocycles. The van der Waals surface area contributed by atoms with Crippen LogP contribution >= 0.6 is 0 Å². The predicted molar refractivity (Wildman–Crippen MR) is 49.7 cm³/mol. The van der Waals surface area contributed by atoms with Crippen molar-refractivity contribution >= 4 is 0 Å². The van der Waals surface area contributed by atoms with Crippen LogP contribution in [0.4, 0.5) is 0 Å². The molecule has 1 heteroatoms. The minimum Gasteiger partial charge on any atom is -0.303 e. The molecule has 0 unspecified atom stereocenters. The number of likely N-dealkylation sites (tertiary alicyclic amines) is 1. The van der Waals surface area contributed by atoms with Gasteiger partial charge in [0, 0.05) is 6.54 Å². The Balaban J connectivity index is 2.24. The molecule has 11 heavy (non-hydrogen) atoms. The number of hydrogen-bond donors (Lipinski definition) is 0. The maximum atomic E-state index is 2.60. The van der Waals surface area contributed by atoms with E-state index in [1.54, 1.807) is 0 Å². The van der Waals surface area contributed by atoms with Crippen LogP contribution in [0.3, 0.4) is 0 Å². The van der Waals surface area contributed by atoms with Crippen LogP contribution in [-0.4, -0.2) is 24.5 Å². The highest BCUT2D eigenvalue weighted by molar-refractivity contribution is 4.71. The highest BCUT2D eigenvalue weighted by atomic mass is 15.1. The molecule has 0 N–H and O–H groups in total. The Kier molecular flexibility index (Phi) is 2.94. The van der Waals surface area contributed by atoms with Gasteiger partial charge in [-0.3, -0.25) is 0 Å². The molecule has 0 aromatic heterocycles. The number of piperidine rings is 1. The molecular weight excluding hydrogens is 134 g/mol. The van der Waals surface area contributed by atoms with Gasteiger partial charge in [0.05, 0.1) is 0 Å². The molecule has 1 aliphatic heterocycles. The average Bonchev–Trinajstić information content (AvgIpc) is 1.85. The third-order valence-electron chi connectivity index (χ3n) is 2.15. The molecule has 0 atom stereocenters. The van der Waals surface area contributed by atoms with Gasteiger partial charge in [0.25, 0.3) is 0 Å². The molecule has 0 saturated carbocycles. The monoisotopic (exact) mass is 155 g/mol. The molecule has 0 aromatic rings. The molecule has 1 rings (SSSR count). The Morgan fingerprint density at radius 1 is 1.00 bits per heavy atom. The number of hydrogen-bond acceptors (Lipinski definition) is 1. The molecular formula is C10H21N. The minimum absolute atomic E-state index is 0.483. The quantitative estimate of drug-likeness (QED) is 0.562. The summed E-state index contributed by atoms with van der Waals surface area (Å²) < 4.78 is 0. The number of nitrogens with zero attached hydrogens (tertiary/aromatic N) is 1. The van der Waals surface area contributed by atoms with Crippen LogP contribution in [0.5, 0.6) is 0 Å². The SMILES string of the molecule is CC(C)(C)CN1CCCCC1. The Morgan fingerprint density at radius 3 is 2.00 bits per heavy atom. The van der Waals surface area contributed by atoms with Crippen molar-refractivity contribution < 1.29 is 0 Å². The van der Waals surface area contributed by atoms with Crippen molar-refractivity contribution in [3.63, 3.8) is 0 Å². The van der Waals surface area contributed by atoms with Gasteiger partial charge in [-0.2, -0.15) is 0 Å². The van der Waals surface area contributed by atoms with Crippen molar-refractivity contribution in [2.24, 2.45) is 5.41 Å².